The number of β-lactam (4-membered cyclic amide) rings is 1. The van der Waals surface area contributed by atoms with Crippen molar-refractivity contribution in [1.29, 1.82) is 0 Å². The normalized spacial score (nSPS) is 21.9. The highest BCUT2D eigenvalue weighted by Crippen LogP contribution is 2.49. The summed E-state index contributed by atoms with van der Waals surface area (Å²) in [5.41, 5.74) is 2.41. The zero-order valence-electron chi connectivity index (χ0n) is 24.3. The van der Waals surface area contributed by atoms with E-state index in [0.717, 1.165) is 41.3 Å². The van der Waals surface area contributed by atoms with Gasteiger partial charge in [0.2, 0.25) is 5.91 Å². The van der Waals surface area contributed by atoms with E-state index < -0.39 is 14.3 Å². The van der Waals surface area contributed by atoms with Gasteiger partial charge in [-0.1, -0.05) is 65.0 Å². The smallest absolute Gasteiger partial charge is 0.358 e. The van der Waals surface area contributed by atoms with Crippen molar-refractivity contribution in [2.75, 3.05) is 6.61 Å². The van der Waals surface area contributed by atoms with Crippen LogP contribution in [0.25, 0.3) is 10.8 Å². The number of ether oxygens (including phenoxy) is 1. The van der Waals surface area contributed by atoms with Gasteiger partial charge in [-0.15, -0.1) is 0 Å². The fourth-order valence-electron chi connectivity index (χ4n) is 6.36. The lowest BCUT2D eigenvalue weighted by molar-refractivity contribution is -0.161. The summed E-state index contributed by atoms with van der Waals surface area (Å²) in [5.74, 6) is -0.111. The van der Waals surface area contributed by atoms with Crippen molar-refractivity contribution in [2.45, 2.75) is 78.2 Å². The van der Waals surface area contributed by atoms with Crippen LogP contribution in [-0.4, -0.2) is 51.8 Å². The molecule has 1 unspecified atom stereocenters. The first-order valence-corrected chi connectivity index (χ1v) is 17.7. The molecule has 7 nitrogen and oxygen atoms in total. The average molecular weight is 569 g/mol. The summed E-state index contributed by atoms with van der Waals surface area (Å²) >= 11 is 0. The van der Waals surface area contributed by atoms with Gasteiger partial charge in [0, 0.05) is 16.9 Å². The summed E-state index contributed by atoms with van der Waals surface area (Å²) in [6, 6.07) is 15.3. The van der Waals surface area contributed by atoms with Gasteiger partial charge < -0.3 is 23.6 Å². The van der Waals surface area contributed by atoms with Crippen molar-refractivity contribution in [2.24, 2.45) is 11.8 Å². The molecule has 0 saturated carbocycles. The molecular formula is C29H42BN2O5PSi. The Morgan fingerprint density at radius 1 is 1.10 bits per heavy atom. The summed E-state index contributed by atoms with van der Waals surface area (Å²) in [5, 5.41) is 2.21. The second-order valence-corrected chi connectivity index (χ2v) is 16.2. The standard InChI is InChI=1S/C29H42BN2O5PSi/c1-7-20-13-11-15-22-21(20)14-12-16-24(22)35-17-23-18(5)26-25(19(6)37-39(8-2,9-3)10-4)28(33)32(26)27(23)29(34)36-38-31-30/h11-16,18-19,25-26,31,38H,7-10,17,30H2,1-6H3/t18-,19+,25+,26+/m0/s1. The van der Waals surface area contributed by atoms with Crippen molar-refractivity contribution in [1.82, 2.24) is 9.90 Å². The number of rotatable bonds is 13. The van der Waals surface area contributed by atoms with Crippen LogP contribution < -0.4 is 9.74 Å². The number of carbonyl (C=O) groups is 2. The fraction of sp³-hybridized carbons (Fsp3) is 0.517. The molecule has 0 aliphatic carbocycles. The predicted octanol–water partition coefficient (Wildman–Crippen LogP) is 5.11. The molecule has 2 aliphatic heterocycles. The lowest BCUT2D eigenvalue weighted by Gasteiger charge is -2.49. The molecule has 39 heavy (non-hydrogen) atoms. The molecule has 1 N–H and O–H groups in total. The van der Waals surface area contributed by atoms with E-state index in [0.29, 0.717) is 5.70 Å². The molecule has 210 valence electrons. The maximum atomic E-state index is 13.6. The highest BCUT2D eigenvalue weighted by atomic mass is 31.1. The van der Waals surface area contributed by atoms with Crippen molar-refractivity contribution in [3.05, 3.63) is 53.2 Å². The number of nitrogens with zero attached hydrogens (tertiary/aromatic N) is 1. The summed E-state index contributed by atoms with van der Waals surface area (Å²) in [4.78, 5) is 31.4. The van der Waals surface area contributed by atoms with E-state index in [4.69, 9.17) is 13.7 Å². The Labute approximate surface area is 236 Å². The highest BCUT2D eigenvalue weighted by Gasteiger charge is 2.61. The average Bonchev–Trinajstić information content (AvgIpc) is 3.20. The van der Waals surface area contributed by atoms with Gasteiger partial charge in [0.25, 0.3) is 0 Å². The van der Waals surface area contributed by atoms with E-state index >= 15 is 0 Å². The maximum absolute atomic E-state index is 13.6. The third-order valence-corrected chi connectivity index (χ3v) is 14.1. The zero-order chi connectivity index (χ0) is 28.3. The third kappa shape index (κ3) is 5.43. The molecule has 0 radical (unpaired) electrons. The Hall–Kier alpha value is -2.19. The van der Waals surface area contributed by atoms with Gasteiger partial charge in [-0.2, -0.15) is 0 Å². The second kappa shape index (κ2) is 12.5. The Morgan fingerprint density at radius 3 is 2.41 bits per heavy atom. The van der Waals surface area contributed by atoms with Gasteiger partial charge in [0.05, 0.1) is 18.1 Å². The molecule has 10 heteroatoms. The number of fused-ring (bicyclic) bond motifs is 2. The summed E-state index contributed by atoms with van der Waals surface area (Å²) in [6.45, 7) is 13.1. The zero-order valence-corrected chi connectivity index (χ0v) is 26.3. The number of aryl methyl sites for hydroxylation is 1. The molecular weight excluding hydrogens is 526 g/mol. The van der Waals surface area contributed by atoms with Crippen LogP contribution in [0.15, 0.2) is 47.7 Å². The van der Waals surface area contributed by atoms with Gasteiger partial charge in [0.1, 0.15) is 27.0 Å². The molecule has 1 saturated heterocycles. The molecule has 2 heterocycles. The quantitative estimate of drug-likeness (QED) is 0.206. The first-order chi connectivity index (χ1) is 18.8. The van der Waals surface area contributed by atoms with Gasteiger partial charge >= 0.3 is 5.97 Å². The molecule has 5 atom stereocenters. The van der Waals surface area contributed by atoms with Gasteiger partial charge in [-0.25, -0.2) is 4.79 Å². The van der Waals surface area contributed by atoms with E-state index in [1.165, 1.54) is 10.9 Å². The minimum atomic E-state index is -1.90. The first-order valence-electron chi connectivity index (χ1n) is 14.3. The van der Waals surface area contributed by atoms with E-state index in [2.05, 4.69) is 63.9 Å². The lowest BCUT2D eigenvalue weighted by atomic mass is 9.78. The van der Waals surface area contributed by atoms with Crippen molar-refractivity contribution in [3.63, 3.8) is 0 Å². The number of nitrogens with one attached hydrogen (secondary N) is 1. The molecule has 1 fully saturated rings. The van der Waals surface area contributed by atoms with Gasteiger partial charge in [0.15, 0.2) is 16.3 Å². The van der Waals surface area contributed by atoms with Crippen molar-refractivity contribution < 1.29 is 23.3 Å². The Bertz CT molecular complexity index is 1250. The summed E-state index contributed by atoms with van der Waals surface area (Å²) in [6.07, 6.45) is 0.735. The summed E-state index contributed by atoms with van der Waals surface area (Å²) < 4.78 is 18.6. The van der Waals surface area contributed by atoms with E-state index in [-0.39, 0.29) is 45.5 Å². The van der Waals surface area contributed by atoms with Crippen LogP contribution in [0.1, 0.15) is 47.1 Å². The third-order valence-electron chi connectivity index (χ3n) is 8.85. The number of benzene rings is 2. The minimum absolute atomic E-state index is 0.0543. The molecule has 2 aromatic carbocycles. The predicted molar refractivity (Wildman–Crippen MR) is 163 cm³/mol. The van der Waals surface area contributed by atoms with Crippen molar-refractivity contribution >= 4 is 47.9 Å². The van der Waals surface area contributed by atoms with Crippen LogP contribution in [0.3, 0.4) is 0 Å². The van der Waals surface area contributed by atoms with Crippen LogP contribution in [0.2, 0.25) is 18.1 Å². The molecule has 2 aliphatic rings. The van der Waals surface area contributed by atoms with Gasteiger partial charge in [-0.05, 0) is 48.5 Å². The molecule has 0 bridgehead atoms. The monoisotopic (exact) mass is 568 g/mol. The topological polar surface area (TPSA) is 77.1 Å². The number of amides is 1. The van der Waals surface area contributed by atoms with Crippen LogP contribution in [0, 0.1) is 11.8 Å². The Kier molecular flexibility index (Phi) is 9.58. The lowest BCUT2D eigenvalue weighted by Crippen LogP contribution is -2.65. The Morgan fingerprint density at radius 2 is 1.77 bits per heavy atom. The first kappa shape index (κ1) is 29.8. The second-order valence-electron chi connectivity index (χ2n) is 10.6. The highest BCUT2D eigenvalue weighted by molar-refractivity contribution is 7.32. The summed E-state index contributed by atoms with van der Waals surface area (Å²) in [7, 11) is -0.357. The van der Waals surface area contributed by atoms with E-state index in [9.17, 15) is 9.59 Å². The van der Waals surface area contributed by atoms with Crippen molar-refractivity contribution in [3.8, 4) is 5.75 Å². The van der Waals surface area contributed by atoms with E-state index in [1.807, 2.05) is 19.1 Å². The molecule has 2 aromatic rings. The maximum Gasteiger partial charge on any atom is 0.358 e. The minimum Gasteiger partial charge on any atom is -0.488 e. The molecule has 4 rings (SSSR count). The number of hydrogen-bond acceptors (Lipinski definition) is 6. The Balaban J connectivity index is 1.63. The fourth-order valence-corrected chi connectivity index (χ4v) is 9.59. The van der Waals surface area contributed by atoms with Crippen LogP contribution in [-0.2, 0) is 25.0 Å². The van der Waals surface area contributed by atoms with Crippen LogP contribution >= 0.6 is 8.96 Å². The van der Waals surface area contributed by atoms with Gasteiger partial charge in [-0.3, -0.25) is 4.79 Å². The SMILES string of the molecule is BNPOC(=O)C1=C(COc2cccc3c(CC)cccc23)[C@H](C)[C@@H]2[C@@H]([C@@H](C)O[Si](CC)(CC)CC)C(=O)N12. The van der Waals surface area contributed by atoms with Crippen LogP contribution in [0.5, 0.6) is 5.75 Å². The molecule has 0 aromatic heterocycles. The van der Waals surface area contributed by atoms with E-state index in [1.54, 1.807) is 12.9 Å². The largest absolute Gasteiger partial charge is 0.488 e. The number of carbonyl (C=O) groups excluding carboxylic acids is 2. The molecule has 0 spiro atoms. The van der Waals surface area contributed by atoms with Crippen LogP contribution in [0.4, 0.5) is 0 Å². The molecule has 1 amide bonds. The number of hydrogen-bond donors (Lipinski definition) is 1.